The normalized spacial score (nSPS) is 9.92. The van der Waals surface area contributed by atoms with Crippen LogP contribution >= 0.6 is 0 Å². The zero-order valence-electron chi connectivity index (χ0n) is 12.9. The highest BCUT2D eigenvalue weighted by molar-refractivity contribution is 6.43. The summed E-state index contributed by atoms with van der Waals surface area (Å²) in [6, 6.07) is 6.92. The van der Waals surface area contributed by atoms with Gasteiger partial charge >= 0.3 is 11.8 Å². The zero-order chi connectivity index (χ0) is 17.7. The summed E-state index contributed by atoms with van der Waals surface area (Å²) in [6.07, 6.45) is 1.55. The number of carbonyl (C=O) groups excluding carboxylic acids is 2. The number of aryl methyl sites for hydroxylation is 1. The van der Waals surface area contributed by atoms with E-state index in [1.165, 1.54) is 19.2 Å². The van der Waals surface area contributed by atoms with Crippen LogP contribution in [0.3, 0.4) is 0 Å². The van der Waals surface area contributed by atoms with Crippen LogP contribution in [0, 0.1) is 17.0 Å². The highest BCUT2D eigenvalue weighted by Crippen LogP contribution is 2.28. The van der Waals surface area contributed by atoms with Crippen LogP contribution in [0.1, 0.15) is 5.56 Å². The second kappa shape index (κ2) is 7.18. The van der Waals surface area contributed by atoms with Gasteiger partial charge in [-0.2, -0.15) is 0 Å². The number of carbonyl (C=O) groups is 2. The molecule has 2 amide bonds. The summed E-state index contributed by atoms with van der Waals surface area (Å²) in [7, 11) is 1.30. The molecular formula is C15H14N4O5. The first-order chi connectivity index (χ1) is 11.4. The Balaban J connectivity index is 2.09. The first kappa shape index (κ1) is 16.9. The molecule has 0 saturated carbocycles. The fourth-order valence-corrected chi connectivity index (χ4v) is 1.79. The van der Waals surface area contributed by atoms with Gasteiger partial charge in [-0.25, -0.2) is 4.98 Å². The maximum Gasteiger partial charge on any atom is 0.315 e. The number of hydrogen-bond donors (Lipinski definition) is 2. The number of non-ortho nitro benzene ring substituents is 1. The lowest BCUT2D eigenvalue weighted by atomic mass is 10.2. The Morgan fingerprint density at radius 2 is 1.88 bits per heavy atom. The minimum atomic E-state index is -0.954. The van der Waals surface area contributed by atoms with Gasteiger partial charge < -0.3 is 15.4 Å². The minimum absolute atomic E-state index is 0.0683. The number of rotatable bonds is 4. The molecule has 2 rings (SSSR count). The van der Waals surface area contributed by atoms with Crippen LogP contribution in [0.5, 0.6) is 5.75 Å². The van der Waals surface area contributed by atoms with Crippen molar-refractivity contribution in [3.8, 4) is 5.75 Å². The molecule has 0 aliphatic rings. The van der Waals surface area contributed by atoms with Crippen molar-refractivity contribution in [2.24, 2.45) is 0 Å². The lowest BCUT2D eigenvalue weighted by Gasteiger charge is -2.10. The number of amides is 2. The van der Waals surface area contributed by atoms with Crippen molar-refractivity contribution < 1.29 is 19.2 Å². The zero-order valence-corrected chi connectivity index (χ0v) is 12.9. The smallest absolute Gasteiger partial charge is 0.315 e. The number of hydrogen-bond acceptors (Lipinski definition) is 6. The van der Waals surface area contributed by atoms with E-state index in [4.69, 9.17) is 4.74 Å². The Labute approximate surface area is 136 Å². The van der Waals surface area contributed by atoms with Crippen molar-refractivity contribution in [3.05, 3.63) is 52.2 Å². The molecule has 0 aliphatic carbocycles. The van der Waals surface area contributed by atoms with Crippen LogP contribution in [-0.4, -0.2) is 28.8 Å². The lowest BCUT2D eigenvalue weighted by Crippen LogP contribution is -2.29. The lowest BCUT2D eigenvalue weighted by molar-refractivity contribution is -0.384. The summed E-state index contributed by atoms with van der Waals surface area (Å²) >= 11 is 0. The van der Waals surface area contributed by atoms with Crippen molar-refractivity contribution in [3.63, 3.8) is 0 Å². The Kier molecular flexibility index (Phi) is 5.05. The molecule has 0 fully saturated rings. The van der Waals surface area contributed by atoms with Crippen molar-refractivity contribution in [1.29, 1.82) is 0 Å². The molecule has 124 valence electrons. The molecular weight excluding hydrogens is 316 g/mol. The average Bonchev–Trinajstić information content (AvgIpc) is 2.56. The predicted octanol–water partition coefficient (Wildman–Crippen LogP) is 1.88. The molecule has 9 nitrogen and oxygen atoms in total. The van der Waals surface area contributed by atoms with E-state index in [0.29, 0.717) is 0 Å². The number of ether oxygens (including phenoxy) is 1. The van der Waals surface area contributed by atoms with Crippen molar-refractivity contribution in [2.45, 2.75) is 6.92 Å². The van der Waals surface area contributed by atoms with Crippen molar-refractivity contribution in [2.75, 3.05) is 17.7 Å². The standard InChI is InChI=1S/C15H14N4O5/c1-9-3-6-13(16-8-9)18-15(21)14(20)17-11-5-4-10(19(22)23)7-12(11)24-2/h3-8H,1-2H3,(H,17,20)(H,16,18,21). The first-order valence-electron chi connectivity index (χ1n) is 6.78. The maximum atomic E-state index is 11.9. The molecule has 0 atom stereocenters. The van der Waals surface area contributed by atoms with Gasteiger partial charge in [-0.15, -0.1) is 0 Å². The molecule has 0 spiro atoms. The SMILES string of the molecule is COc1cc([N+](=O)[O-])ccc1NC(=O)C(=O)Nc1ccc(C)cn1. The Morgan fingerprint density at radius 3 is 2.46 bits per heavy atom. The molecule has 1 aromatic heterocycles. The van der Waals surface area contributed by atoms with Crippen LogP contribution in [0.2, 0.25) is 0 Å². The second-order valence-corrected chi connectivity index (χ2v) is 4.77. The molecule has 0 unspecified atom stereocenters. The summed E-state index contributed by atoms with van der Waals surface area (Å²) in [6.45, 7) is 1.84. The van der Waals surface area contributed by atoms with Gasteiger partial charge in [-0.3, -0.25) is 19.7 Å². The fraction of sp³-hybridized carbons (Fsp3) is 0.133. The summed E-state index contributed by atoms with van der Waals surface area (Å²) < 4.78 is 4.99. The van der Waals surface area contributed by atoms with Crippen molar-refractivity contribution in [1.82, 2.24) is 4.98 Å². The Hall–Kier alpha value is -3.49. The highest BCUT2D eigenvalue weighted by Gasteiger charge is 2.18. The van der Waals surface area contributed by atoms with E-state index >= 15 is 0 Å². The molecule has 0 radical (unpaired) electrons. The van der Waals surface area contributed by atoms with E-state index in [1.54, 1.807) is 18.3 Å². The van der Waals surface area contributed by atoms with E-state index < -0.39 is 16.7 Å². The number of benzene rings is 1. The molecule has 1 heterocycles. The molecule has 2 N–H and O–H groups in total. The molecule has 2 aromatic rings. The molecule has 0 bridgehead atoms. The van der Waals surface area contributed by atoms with Gasteiger partial charge in [0.25, 0.3) is 5.69 Å². The van der Waals surface area contributed by atoms with E-state index in [0.717, 1.165) is 11.6 Å². The summed E-state index contributed by atoms with van der Waals surface area (Å²) in [4.78, 5) is 37.9. The van der Waals surface area contributed by atoms with Gasteiger partial charge in [0.15, 0.2) is 0 Å². The Morgan fingerprint density at radius 1 is 1.17 bits per heavy atom. The number of nitro groups is 1. The van der Waals surface area contributed by atoms with Gasteiger partial charge in [0.2, 0.25) is 0 Å². The van der Waals surface area contributed by atoms with E-state index in [9.17, 15) is 19.7 Å². The third kappa shape index (κ3) is 4.03. The number of nitrogens with one attached hydrogen (secondary N) is 2. The quantitative estimate of drug-likeness (QED) is 0.501. The number of nitro benzene ring substituents is 1. The molecule has 0 saturated heterocycles. The largest absolute Gasteiger partial charge is 0.494 e. The first-order valence-corrected chi connectivity index (χ1v) is 6.78. The number of nitrogens with zero attached hydrogens (tertiary/aromatic N) is 2. The number of pyridine rings is 1. The minimum Gasteiger partial charge on any atom is -0.494 e. The fourth-order valence-electron chi connectivity index (χ4n) is 1.79. The molecule has 0 aliphatic heterocycles. The predicted molar refractivity (Wildman–Crippen MR) is 85.9 cm³/mol. The molecule has 1 aromatic carbocycles. The third-order valence-electron chi connectivity index (χ3n) is 3.00. The van der Waals surface area contributed by atoms with Crippen LogP contribution in [-0.2, 0) is 9.59 Å². The van der Waals surface area contributed by atoms with Gasteiger partial charge in [-0.05, 0) is 24.6 Å². The van der Waals surface area contributed by atoms with Crippen LogP contribution in [0.25, 0.3) is 0 Å². The number of aromatic nitrogens is 1. The van der Waals surface area contributed by atoms with Crippen LogP contribution < -0.4 is 15.4 Å². The maximum absolute atomic E-state index is 11.9. The van der Waals surface area contributed by atoms with Crippen molar-refractivity contribution >= 4 is 29.0 Å². The van der Waals surface area contributed by atoms with E-state index in [1.807, 2.05) is 6.92 Å². The van der Waals surface area contributed by atoms with Gasteiger partial charge in [0, 0.05) is 12.3 Å². The number of methoxy groups -OCH3 is 1. The third-order valence-corrected chi connectivity index (χ3v) is 3.00. The highest BCUT2D eigenvalue weighted by atomic mass is 16.6. The van der Waals surface area contributed by atoms with Crippen LogP contribution in [0.4, 0.5) is 17.2 Å². The van der Waals surface area contributed by atoms with Gasteiger partial charge in [0.1, 0.15) is 11.6 Å². The second-order valence-electron chi connectivity index (χ2n) is 4.77. The van der Waals surface area contributed by atoms with Gasteiger partial charge in [0.05, 0.1) is 23.8 Å². The summed E-state index contributed by atoms with van der Waals surface area (Å²) in [5.74, 6) is -1.58. The van der Waals surface area contributed by atoms with Gasteiger partial charge in [-0.1, -0.05) is 6.07 Å². The number of anilines is 2. The van der Waals surface area contributed by atoms with Crippen LogP contribution in [0.15, 0.2) is 36.5 Å². The average molecular weight is 330 g/mol. The molecule has 9 heteroatoms. The molecule has 24 heavy (non-hydrogen) atoms. The van der Waals surface area contributed by atoms with E-state index in [2.05, 4.69) is 15.6 Å². The summed E-state index contributed by atoms with van der Waals surface area (Å²) in [5.41, 5.74) is 0.853. The van der Waals surface area contributed by atoms with E-state index in [-0.39, 0.29) is 22.9 Å². The summed E-state index contributed by atoms with van der Waals surface area (Å²) in [5, 5.41) is 15.4. The Bertz CT molecular complexity index is 789. The topological polar surface area (TPSA) is 123 Å². The monoisotopic (exact) mass is 330 g/mol.